The molecule has 9 nitrogen and oxygen atoms in total. The zero-order valence-corrected chi connectivity index (χ0v) is 21.5. The predicted octanol–water partition coefficient (Wildman–Crippen LogP) is 3.17. The lowest BCUT2D eigenvalue weighted by Gasteiger charge is -2.22. The molecule has 2 aromatic carbocycles. The molecule has 0 saturated heterocycles. The molecule has 192 valence electrons. The minimum absolute atomic E-state index is 0.0134. The molecule has 3 aromatic rings. The first-order chi connectivity index (χ1) is 17.5. The molecule has 0 radical (unpaired) electrons. The van der Waals surface area contributed by atoms with Crippen LogP contribution in [0, 0.1) is 0 Å². The Balaban J connectivity index is 1.38. The Bertz CT molecular complexity index is 1160. The molecule has 9 heteroatoms. The highest BCUT2D eigenvalue weighted by Gasteiger charge is 2.24. The van der Waals surface area contributed by atoms with E-state index in [0.717, 1.165) is 54.6 Å². The Hall–Kier alpha value is -3.59. The van der Waals surface area contributed by atoms with Gasteiger partial charge in [0.05, 0.1) is 27.4 Å². The van der Waals surface area contributed by atoms with Crippen LogP contribution in [0.5, 0.6) is 17.2 Å². The van der Waals surface area contributed by atoms with E-state index < -0.39 is 0 Å². The fraction of sp³-hybridized carbons (Fsp3) is 0.444. The standard InChI is InChI=1S/C27H35N5O4/c1-19(28-26(33)11-10-20-8-6-5-7-9-20)27-30-29-25-12-13-31(14-15-32(25)27)18-21-16-23(35-3)24(36-4)17-22(21)34-2/h5-9,16-17,19H,10-15,18H2,1-4H3,(H,28,33)/t19-/m1/s1. The lowest BCUT2D eigenvalue weighted by atomic mass is 10.1. The van der Waals surface area contributed by atoms with Gasteiger partial charge < -0.3 is 24.1 Å². The first-order valence-electron chi connectivity index (χ1n) is 12.3. The quantitative estimate of drug-likeness (QED) is 0.464. The Morgan fingerprint density at radius 3 is 2.42 bits per heavy atom. The summed E-state index contributed by atoms with van der Waals surface area (Å²) in [6, 6.07) is 13.7. The number of carbonyl (C=O) groups is 1. The van der Waals surface area contributed by atoms with Gasteiger partial charge in [-0.3, -0.25) is 9.69 Å². The van der Waals surface area contributed by atoms with Gasteiger partial charge in [-0.15, -0.1) is 10.2 Å². The van der Waals surface area contributed by atoms with Gasteiger partial charge >= 0.3 is 0 Å². The molecule has 0 bridgehead atoms. The van der Waals surface area contributed by atoms with Gasteiger partial charge in [0, 0.05) is 50.7 Å². The lowest BCUT2D eigenvalue weighted by Crippen LogP contribution is -2.30. The number of methoxy groups -OCH3 is 3. The number of benzene rings is 2. The Labute approximate surface area is 212 Å². The SMILES string of the molecule is COc1cc(OC)c(OC)cc1CN1CCc2nnc([C@@H](C)NC(=O)CCc3ccccc3)n2CC1. The van der Waals surface area contributed by atoms with Crippen molar-refractivity contribution in [3.05, 3.63) is 65.2 Å². The highest BCUT2D eigenvalue weighted by Crippen LogP contribution is 2.35. The van der Waals surface area contributed by atoms with Crippen LogP contribution in [0.1, 0.15) is 42.2 Å². The number of aryl methyl sites for hydroxylation is 1. The van der Waals surface area contributed by atoms with Crippen LogP contribution in [0.4, 0.5) is 0 Å². The van der Waals surface area contributed by atoms with Crippen molar-refractivity contribution in [1.82, 2.24) is 25.0 Å². The van der Waals surface area contributed by atoms with Crippen molar-refractivity contribution in [2.45, 2.75) is 45.3 Å². The monoisotopic (exact) mass is 493 g/mol. The van der Waals surface area contributed by atoms with E-state index in [-0.39, 0.29) is 11.9 Å². The highest BCUT2D eigenvalue weighted by molar-refractivity contribution is 5.76. The van der Waals surface area contributed by atoms with Crippen molar-refractivity contribution in [3.8, 4) is 17.2 Å². The number of hydrogen-bond acceptors (Lipinski definition) is 7. The molecule has 1 N–H and O–H groups in total. The number of aromatic nitrogens is 3. The number of carbonyl (C=O) groups excluding carboxylic acids is 1. The first kappa shape index (κ1) is 25.5. The smallest absolute Gasteiger partial charge is 0.220 e. The molecule has 1 aliphatic rings. The van der Waals surface area contributed by atoms with Gasteiger partial charge in [0.25, 0.3) is 0 Å². The minimum Gasteiger partial charge on any atom is -0.496 e. The molecule has 1 amide bonds. The zero-order chi connectivity index (χ0) is 25.5. The van der Waals surface area contributed by atoms with Gasteiger partial charge in [-0.1, -0.05) is 30.3 Å². The summed E-state index contributed by atoms with van der Waals surface area (Å²) >= 11 is 0. The van der Waals surface area contributed by atoms with E-state index in [1.54, 1.807) is 21.3 Å². The fourth-order valence-corrected chi connectivity index (χ4v) is 4.61. The molecule has 0 aliphatic carbocycles. The molecule has 0 spiro atoms. The number of fused-ring (bicyclic) bond motifs is 1. The molecule has 1 aromatic heterocycles. The van der Waals surface area contributed by atoms with Gasteiger partial charge in [0.2, 0.25) is 5.91 Å². The van der Waals surface area contributed by atoms with Crippen molar-refractivity contribution in [3.63, 3.8) is 0 Å². The van der Waals surface area contributed by atoms with E-state index in [1.165, 1.54) is 0 Å². The largest absolute Gasteiger partial charge is 0.496 e. The van der Waals surface area contributed by atoms with Crippen LogP contribution in [0.2, 0.25) is 0 Å². The van der Waals surface area contributed by atoms with E-state index in [1.807, 2.05) is 49.4 Å². The van der Waals surface area contributed by atoms with Crippen LogP contribution >= 0.6 is 0 Å². The molecule has 0 unspecified atom stereocenters. The summed E-state index contributed by atoms with van der Waals surface area (Å²) in [7, 11) is 4.91. The first-order valence-corrected chi connectivity index (χ1v) is 12.3. The molecular formula is C27H35N5O4. The van der Waals surface area contributed by atoms with Crippen LogP contribution in [-0.2, 0) is 30.7 Å². The summed E-state index contributed by atoms with van der Waals surface area (Å²) in [5, 5.41) is 12.0. The number of nitrogens with zero attached hydrogens (tertiary/aromatic N) is 4. The van der Waals surface area contributed by atoms with Gasteiger partial charge in [0.1, 0.15) is 11.6 Å². The average Bonchev–Trinajstić information content (AvgIpc) is 3.21. The van der Waals surface area contributed by atoms with Crippen LogP contribution in [0.25, 0.3) is 0 Å². The molecule has 36 heavy (non-hydrogen) atoms. The third kappa shape index (κ3) is 5.96. The highest BCUT2D eigenvalue weighted by atomic mass is 16.5. The third-order valence-electron chi connectivity index (χ3n) is 6.58. The molecule has 1 atom stereocenters. The van der Waals surface area contributed by atoms with Crippen molar-refractivity contribution in [2.75, 3.05) is 34.4 Å². The molecule has 0 saturated carbocycles. The van der Waals surface area contributed by atoms with Crippen LogP contribution in [0.15, 0.2) is 42.5 Å². The number of amides is 1. The molecule has 0 fully saturated rings. The van der Waals surface area contributed by atoms with E-state index in [4.69, 9.17) is 14.2 Å². The molecular weight excluding hydrogens is 458 g/mol. The maximum absolute atomic E-state index is 12.6. The second kappa shape index (κ2) is 11.9. The van der Waals surface area contributed by atoms with Crippen LogP contribution in [0.3, 0.4) is 0 Å². The number of rotatable bonds is 10. The molecule has 2 heterocycles. The van der Waals surface area contributed by atoms with Gasteiger partial charge in [0.15, 0.2) is 17.3 Å². The molecule has 4 rings (SSSR count). The number of hydrogen-bond donors (Lipinski definition) is 1. The number of ether oxygens (including phenoxy) is 3. The van der Waals surface area contributed by atoms with E-state index in [2.05, 4.69) is 25.0 Å². The van der Waals surface area contributed by atoms with E-state index in [9.17, 15) is 4.79 Å². The Morgan fingerprint density at radius 2 is 1.69 bits per heavy atom. The third-order valence-corrected chi connectivity index (χ3v) is 6.58. The van der Waals surface area contributed by atoms with Gasteiger partial charge in [-0.25, -0.2) is 0 Å². The molecule has 1 aliphatic heterocycles. The van der Waals surface area contributed by atoms with Crippen LogP contribution in [-0.4, -0.2) is 60.0 Å². The van der Waals surface area contributed by atoms with Crippen LogP contribution < -0.4 is 19.5 Å². The van der Waals surface area contributed by atoms with Crippen molar-refractivity contribution < 1.29 is 19.0 Å². The minimum atomic E-state index is -0.216. The van der Waals surface area contributed by atoms with E-state index in [0.29, 0.717) is 30.9 Å². The summed E-state index contributed by atoms with van der Waals surface area (Å²) in [4.78, 5) is 14.9. The van der Waals surface area contributed by atoms with Gasteiger partial charge in [-0.2, -0.15) is 0 Å². The zero-order valence-electron chi connectivity index (χ0n) is 21.5. The van der Waals surface area contributed by atoms with E-state index >= 15 is 0 Å². The average molecular weight is 494 g/mol. The Kier molecular flexibility index (Phi) is 8.43. The summed E-state index contributed by atoms with van der Waals surface area (Å²) in [6.07, 6.45) is 1.93. The summed E-state index contributed by atoms with van der Waals surface area (Å²) < 4.78 is 18.7. The van der Waals surface area contributed by atoms with Crippen molar-refractivity contribution in [2.24, 2.45) is 0 Å². The predicted molar refractivity (Wildman–Crippen MR) is 136 cm³/mol. The van der Waals surface area contributed by atoms with Gasteiger partial charge in [-0.05, 0) is 25.0 Å². The second-order valence-corrected chi connectivity index (χ2v) is 8.95. The Morgan fingerprint density at radius 1 is 0.972 bits per heavy atom. The topological polar surface area (TPSA) is 90.7 Å². The second-order valence-electron chi connectivity index (χ2n) is 8.95. The maximum atomic E-state index is 12.6. The lowest BCUT2D eigenvalue weighted by molar-refractivity contribution is -0.121. The number of nitrogens with one attached hydrogen (secondary N) is 1. The maximum Gasteiger partial charge on any atom is 0.220 e. The van der Waals surface area contributed by atoms with Crippen molar-refractivity contribution in [1.29, 1.82) is 0 Å². The summed E-state index contributed by atoms with van der Waals surface area (Å²) in [5.74, 6) is 3.84. The summed E-state index contributed by atoms with van der Waals surface area (Å²) in [6.45, 7) is 5.09. The van der Waals surface area contributed by atoms with Crippen molar-refractivity contribution >= 4 is 5.91 Å². The fourth-order valence-electron chi connectivity index (χ4n) is 4.61. The summed E-state index contributed by atoms with van der Waals surface area (Å²) in [5.41, 5.74) is 2.19. The normalized spacial score (nSPS) is 14.4.